The van der Waals surface area contributed by atoms with Gasteiger partial charge in [-0.15, -0.1) is 24.8 Å². The Bertz CT molecular complexity index is 308. The minimum absolute atomic E-state index is 0. The summed E-state index contributed by atoms with van der Waals surface area (Å²) < 4.78 is 0. The normalized spacial score (nSPS) is 8.60. The standard InChI is InChI=1S/C9H12N2O2.2ClH/c10-3-1-2-7-4-8(9(12)13)6-11-5-7;;/h4-6H,1-3,10H2,(H,12,13);2*1H. The fourth-order valence-electron chi connectivity index (χ4n) is 1.05. The molecule has 1 heterocycles. The maximum Gasteiger partial charge on any atom is 0.337 e. The van der Waals surface area contributed by atoms with Crippen LogP contribution in [0.15, 0.2) is 18.5 Å². The van der Waals surface area contributed by atoms with Gasteiger partial charge in [-0.1, -0.05) is 0 Å². The zero-order valence-corrected chi connectivity index (χ0v) is 9.68. The lowest BCUT2D eigenvalue weighted by atomic mass is 10.1. The average molecular weight is 253 g/mol. The van der Waals surface area contributed by atoms with Crippen molar-refractivity contribution in [1.29, 1.82) is 0 Å². The van der Waals surface area contributed by atoms with Crippen molar-refractivity contribution in [2.24, 2.45) is 5.73 Å². The number of nitrogens with two attached hydrogens (primary N) is 1. The summed E-state index contributed by atoms with van der Waals surface area (Å²) in [6.45, 7) is 0.608. The molecule has 1 rings (SSSR count). The molecule has 6 heteroatoms. The Hall–Kier alpha value is -0.840. The molecule has 0 aliphatic heterocycles. The summed E-state index contributed by atoms with van der Waals surface area (Å²) >= 11 is 0. The first-order valence-electron chi connectivity index (χ1n) is 4.11. The predicted molar refractivity (Wildman–Crippen MR) is 63.1 cm³/mol. The summed E-state index contributed by atoms with van der Waals surface area (Å²) in [6, 6.07) is 1.63. The summed E-state index contributed by atoms with van der Waals surface area (Å²) in [5.74, 6) is -0.943. The van der Waals surface area contributed by atoms with Gasteiger partial charge in [0.25, 0.3) is 0 Å². The van der Waals surface area contributed by atoms with E-state index < -0.39 is 5.97 Å². The molecule has 0 fully saturated rings. The van der Waals surface area contributed by atoms with E-state index in [9.17, 15) is 4.79 Å². The number of nitrogens with zero attached hydrogens (tertiary/aromatic N) is 1. The average Bonchev–Trinajstić information content (AvgIpc) is 2.15. The zero-order chi connectivity index (χ0) is 9.68. The van der Waals surface area contributed by atoms with Crippen LogP contribution in [0.25, 0.3) is 0 Å². The molecule has 3 N–H and O–H groups in total. The van der Waals surface area contributed by atoms with Crippen molar-refractivity contribution in [3.63, 3.8) is 0 Å². The molecule has 1 aromatic rings. The maximum absolute atomic E-state index is 10.6. The molecule has 0 atom stereocenters. The fraction of sp³-hybridized carbons (Fsp3) is 0.333. The lowest BCUT2D eigenvalue weighted by Gasteiger charge is -1.99. The highest BCUT2D eigenvalue weighted by molar-refractivity contribution is 5.87. The zero-order valence-electron chi connectivity index (χ0n) is 8.05. The topological polar surface area (TPSA) is 76.2 Å². The second-order valence-electron chi connectivity index (χ2n) is 2.78. The molecule has 0 saturated heterocycles. The smallest absolute Gasteiger partial charge is 0.337 e. The molecule has 0 aliphatic rings. The summed E-state index contributed by atoms with van der Waals surface area (Å²) in [6.07, 6.45) is 4.64. The second kappa shape index (κ2) is 8.47. The van der Waals surface area contributed by atoms with E-state index in [0.29, 0.717) is 6.54 Å². The largest absolute Gasteiger partial charge is 0.478 e. The van der Waals surface area contributed by atoms with Crippen LogP contribution in [-0.2, 0) is 6.42 Å². The molecular formula is C9H14Cl2N2O2. The molecule has 4 nitrogen and oxygen atoms in total. The monoisotopic (exact) mass is 252 g/mol. The first kappa shape index (κ1) is 16.6. The number of carboxylic acid groups (broad SMARTS) is 1. The van der Waals surface area contributed by atoms with Gasteiger partial charge < -0.3 is 10.8 Å². The van der Waals surface area contributed by atoms with Crippen LogP contribution in [0.2, 0.25) is 0 Å². The number of hydrogen-bond donors (Lipinski definition) is 2. The number of aromatic carboxylic acids is 1. The number of pyridine rings is 1. The predicted octanol–water partition coefficient (Wildman–Crippen LogP) is 1.51. The van der Waals surface area contributed by atoms with Crippen molar-refractivity contribution in [1.82, 2.24) is 4.98 Å². The van der Waals surface area contributed by atoms with Gasteiger partial charge in [0.1, 0.15) is 0 Å². The highest BCUT2D eigenvalue weighted by Crippen LogP contribution is 2.04. The van der Waals surface area contributed by atoms with Crippen molar-refractivity contribution >= 4 is 30.8 Å². The Morgan fingerprint density at radius 3 is 2.60 bits per heavy atom. The van der Waals surface area contributed by atoms with E-state index in [1.54, 1.807) is 12.3 Å². The number of rotatable bonds is 4. The van der Waals surface area contributed by atoms with Gasteiger partial charge in [0.05, 0.1) is 5.56 Å². The van der Waals surface area contributed by atoms with Crippen LogP contribution < -0.4 is 5.73 Å². The number of aryl methyl sites for hydroxylation is 1. The lowest BCUT2D eigenvalue weighted by molar-refractivity contribution is 0.0696. The van der Waals surface area contributed by atoms with Crippen LogP contribution in [0.3, 0.4) is 0 Å². The van der Waals surface area contributed by atoms with Gasteiger partial charge in [0, 0.05) is 12.4 Å². The highest BCUT2D eigenvalue weighted by atomic mass is 35.5. The number of halogens is 2. The number of aromatic nitrogens is 1. The molecule has 0 unspecified atom stereocenters. The van der Waals surface area contributed by atoms with Gasteiger partial charge in [-0.05, 0) is 31.0 Å². The van der Waals surface area contributed by atoms with Crippen molar-refractivity contribution in [2.75, 3.05) is 6.54 Å². The van der Waals surface area contributed by atoms with Gasteiger partial charge >= 0.3 is 5.97 Å². The van der Waals surface area contributed by atoms with E-state index in [0.717, 1.165) is 18.4 Å². The molecule has 1 aromatic heterocycles. The molecular weight excluding hydrogens is 239 g/mol. The van der Waals surface area contributed by atoms with E-state index in [1.807, 2.05) is 0 Å². The first-order chi connectivity index (χ1) is 6.24. The lowest BCUT2D eigenvalue weighted by Crippen LogP contribution is -2.02. The molecule has 86 valence electrons. The van der Waals surface area contributed by atoms with Crippen LogP contribution in [0.4, 0.5) is 0 Å². The molecule has 0 aliphatic carbocycles. The summed E-state index contributed by atoms with van der Waals surface area (Å²) in [4.78, 5) is 14.4. The van der Waals surface area contributed by atoms with Crippen LogP contribution in [-0.4, -0.2) is 22.6 Å². The summed E-state index contributed by atoms with van der Waals surface area (Å²) in [5.41, 5.74) is 6.49. The third kappa shape index (κ3) is 5.57. The van der Waals surface area contributed by atoms with Gasteiger partial charge in [0.2, 0.25) is 0 Å². The quantitative estimate of drug-likeness (QED) is 0.852. The van der Waals surface area contributed by atoms with E-state index in [4.69, 9.17) is 10.8 Å². The Kier molecular flexibility index (Phi) is 9.36. The highest BCUT2D eigenvalue weighted by Gasteiger charge is 2.03. The molecule has 0 aromatic carbocycles. The molecule has 0 amide bonds. The van der Waals surface area contributed by atoms with E-state index >= 15 is 0 Å². The molecule has 15 heavy (non-hydrogen) atoms. The Morgan fingerprint density at radius 1 is 1.40 bits per heavy atom. The van der Waals surface area contributed by atoms with Crippen LogP contribution in [0.5, 0.6) is 0 Å². The van der Waals surface area contributed by atoms with Crippen molar-refractivity contribution in [3.8, 4) is 0 Å². The van der Waals surface area contributed by atoms with Gasteiger partial charge in [-0.25, -0.2) is 4.79 Å². The van der Waals surface area contributed by atoms with Crippen LogP contribution in [0.1, 0.15) is 22.3 Å². The molecule has 0 spiro atoms. The van der Waals surface area contributed by atoms with Crippen molar-refractivity contribution in [3.05, 3.63) is 29.6 Å². The molecule has 0 saturated carbocycles. The van der Waals surface area contributed by atoms with E-state index in [2.05, 4.69) is 4.98 Å². The fourth-order valence-corrected chi connectivity index (χ4v) is 1.05. The number of carboxylic acids is 1. The second-order valence-corrected chi connectivity index (χ2v) is 2.78. The molecule has 0 bridgehead atoms. The van der Waals surface area contributed by atoms with Crippen LogP contribution >= 0.6 is 24.8 Å². The van der Waals surface area contributed by atoms with Crippen molar-refractivity contribution in [2.45, 2.75) is 12.8 Å². The van der Waals surface area contributed by atoms with E-state index in [1.165, 1.54) is 6.20 Å². The van der Waals surface area contributed by atoms with Crippen LogP contribution in [0, 0.1) is 0 Å². The Morgan fingerprint density at radius 2 is 2.07 bits per heavy atom. The third-order valence-corrected chi connectivity index (χ3v) is 1.71. The minimum atomic E-state index is -0.943. The SMILES string of the molecule is Cl.Cl.NCCCc1cncc(C(=O)O)c1. The number of carbonyl (C=O) groups is 1. The first-order valence-corrected chi connectivity index (χ1v) is 4.11. The third-order valence-electron chi connectivity index (χ3n) is 1.71. The summed E-state index contributed by atoms with van der Waals surface area (Å²) in [7, 11) is 0. The van der Waals surface area contributed by atoms with Gasteiger partial charge in [-0.2, -0.15) is 0 Å². The van der Waals surface area contributed by atoms with E-state index in [-0.39, 0.29) is 30.4 Å². The molecule has 0 radical (unpaired) electrons. The van der Waals surface area contributed by atoms with Crippen molar-refractivity contribution < 1.29 is 9.90 Å². The summed E-state index contributed by atoms with van der Waals surface area (Å²) in [5, 5.41) is 8.67. The maximum atomic E-state index is 10.6. The van der Waals surface area contributed by atoms with Gasteiger partial charge in [0.15, 0.2) is 0 Å². The Labute approximate surface area is 101 Å². The number of hydrogen-bond acceptors (Lipinski definition) is 3. The Balaban J connectivity index is 0. The van der Waals surface area contributed by atoms with Gasteiger partial charge in [-0.3, -0.25) is 4.98 Å². The minimum Gasteiger partial charge on any atom is -0.478 e.